The zero-order valence-electron chi connectivity index (χ0n) is 9.71. The van der Waals surface area contributed by atoms with Crippen molar-refractivity contribution in [2.45, 2.75) is 13.8 Å². The van der Waals surface area contributed by atoms with Crippen LogP contribution < -0.4 is 0 Å². The number of carbonyl (C=O) groups is 1. The fourth-order valence-corrected chi connectivity index (χ4v) is 1.69. The zero-order valence-corrected chi connectivity index (χ0v) is 9.71. The van der Waals surface area contributed by atoms with Gasteiger partial charge in [0.05, 0.1) is 6.54 Å². The molecule has 0 aromatic rings. The Kier molecular flexibility index (Phi) is 5.19. The number of nitrogens with zero attached hydrogens (tertiary/aromatic N) is 2. The van der Waals surface area contributed by atoms with Gasteiger partial charge in [-0.3, -0.25) is 14.6 Å². The molecule has 0 aromatic carbocycles. The summed E-state index contributed by atoms with van der Waals surface area (Å²) in [7, 11) is 0. The van der Waals surface area contributed by atoms with E-state index in [4.69, 9.17) is 0 Å². The largest absolute Gasteiger partial charge is 0.298 e. The number of hydrogen-bond donors (Lipinski definition) is 0. The molecule has 0 atom stereocenters. The molecular weight excluding hydrogens is 195 g/mol. The number of rotatable bonds is 5. The van der Waals surface area contributed by atoms with E-state index >= 15 is 0 Å². The van der Waals surface area contributed by atoms with E-state index in [2.05, 4.69) is 9.80 Å². The van der Waals surface area contributed by atoms with Crippen LogP contribution in [-0.2, 0) is 4.79 Å². The van der Waals surface area contributed by atoms with Crippen molar-refractivity contribution in [2.24, 2.45) is 5.92 Å². The van der Waals surface area contributed by atoms with E-state index in [1.807, 2.05) is 13.8 Å². The summed E-state index contributed by atoms with van der Waals surface area (Å²) in [5.74, 6) is 0.419. The number of Topliss-reactive ketones (excluding diaryl/α,β-unsaturated/α-hetero) is 1. The second-order valence-corrected chi connectivity index (χ2v) is 4.43. The van der Waals surface area contributed by atoms with E-state index in [1.54, 1.807) is 0 Å². The van der Waals surface area contributed by atoms with Gasteiger partial charge in [0.2, 0.25) is 0 Å². The van der Waals surface area contributed by atoms with Gasteiger partial charge in [0, 0.05) is 38.6 Å². The lowest BCUT2D eigenvalue weighted by atomic mass is 10.1. The Morgan fingerprint density at radius 3 is 2.20 bits per heavy atom. The van der Waals surface area contributed by atoms with E-state index in [9.17, 15) is 9.18 Å². The first-order chi connectivity index (χ1) is 7.13. The fourth-order valence-electron chi connectivity index (χ4n) is 1.69. The summed E-state index contributed by atoms with van der Waals surface area (Å²) < 4.78 is 12.1. The van der Waals surface area contributed by atoms with Crippen molar-refractivity contribution < 1.29 is 9.18 Å². The van der Waals surface area contributed by atoms with Gasteiger partial charge in [-0.15, -0.1) is 0 Å². The summed E-state index contributed by atoms with van der Waals surface area (Å²) in [5.41, 5.74) is 0. The predicted octanol–water partition coefficient (Wildman–Crippen LogP) is 0.799. The summed E-state index contributed by atoms with van der Waals surface area (Å²) in [6.07, 6.45) is 0. The molecule has 0 radical (unpaired) electrons. The predicted molar refractivity (Wildman–Crippen MR) is 58.7 cm³/mol. The summed E-state index contributed by atoms with van der Waals surface area (Å²) in [6.45, 7) is 8.23. The van der Waals surface area contributed by atoms with Crippen LogP contribution in [-0.4, -0.2) is 61.5 Å². The maximum absolute atomic E-state index is 12.1. The Balaban J connectivity index is 2.22. The summed E-state index contributed by atoms with van der Waals surface area (Å²) in [4.78, 5) is 15.8. The highest BCUT2D eigenvalue weighted by Crippen LogP contribution is 2.03. The number of ketones is 1. The standard InChI is InChI=1S/C11H21FN2O/c1-10(2)11(15)9-14-7-5-13(4-3-12)6-8-14/h10H,3-9H2,1-2H3. The van der Waals surface area contributed by atoms with Gasteiger partial charge in [0.1, 0.15) is 12.5 Å². The van der Waals surface area contributed by atoms with Crippen molar-refractivity contribution in [2.75, 3.05) is 45.9 Å². The Bertz CT molecular complexity index is 201. The van der Waals surface area contributed by atoms with E-state index in [0.717, 1.165) is 26.2 Å². The maximum atomic E-state index is 12.1. The number of carbonyl (C=O) groups excluding carboxylic acids is 1. The smallest absolute Gasteiger partial charge is 0.149 e. The highest BCUT2D eigenvalue weighted by molar-refractivity contribution is 5.82. The van der Waals surface area contributed by atoms with Crippen molar-refractivity contribution in [1.29, 1.82) is 0 Å². The van der Waals surface area contributed by atoms with Crippen LogP contribution in [0.3, 0.4) is 0 Å². The van der Waals surface area contributed by atoms with Crippen LogP contribution in [0, 0.1) is 5.92 Å². The number of halogens is 1. The van der Waals surface area contributed by atoms with Crippen LogP contribution in [0.25, 0.3) is 0 Å². The molecule has 4 heteroatoms. The van der Waals surface area contributed by atoms with Crippen LogP contribution >= 0.6 is 0 Å². The number of alkyl halides is 1. The Morgan fingerprint density at radius 2 is 1.73 bits per heavy atom. The van der Waals surface area contributed by atoms with Crippen molar-refractivity contribution in [3.63, 3.8) is 0 Å². The van der Waals surface area contributed by atoms with E-state index < -0.39 is 0 Å². The van der Waals surface area contributed by atoms with E-state index in [1.165, 1.54) is 0 Å². The molecule has 0 N–H and O–H groups in total. The topological polar surface area (TPSA) is 23.6 Å². The average Bonchev–Trinajstić information content (AvgIpc) is 2.21. The molecule has 1 aliphatic rings. The first-order valence-corrected chi connectivity index (χ1v) is 5.67. The lowest BCUT2D eigenvalue weighted by molar-refractivity contribution is -0.123. The quantitative estimate of drug-likeness (QED) is 0.679. The van der Waals surface area contributed by atoms with Crippen LogP contribution in [0.1, 0.15) is 13.8 Å². The molecule has 0 spiro atoms. The third kappa shape index (κ3) is 4.26. The lowest BCUT2D eigenvalue weighted by Gasteiger charge is -2.33. The van der Waals surface area contributed by atoms with Gasteiger partial charge in [-0.2, -0.15) is 0 Å². The monoisotopic (exact) mass is 216 g/mol. The molecule has 1 aliphatic heterocycles. The molecule has 3 nitrogen and oxygen atoms in total. The number of piperazine rings is 1. The average molecular weight is 216 g/mol. The zero-order chi connectivity index (χ0) is 11.3. The summed E-state index contributed by atoms with van der Waals surface area (Å²) in [6, 6.07) is 0. The maximum Gasteiger partial charge on any atom is 0.149 e. The second kappa shape index (κ2) is 6.18. The van der Waals surface area contributed by atoms with Crippen LogP contribution in [0.5, 0.6) is 0 Å². The third-order valence-electron chi connectivity index (χ3n) is 2.89. The molecule has 0 saturated carbocycles. The van der Waals surface area contributed by atoms with Gasteiger partial charge in [0.15, 0.2) is 0 Å². The minimum absolute atomic E-state index is 0.119. The van der Waals surface area contributed by atoms with Crippen molar-refractivity contribution in [3.05, 3.63) is 0 Å². The van der Waals surface area contributed by atoms with E-state index in [-0.39, 0.29) is 12.6 Å². The SMILES string of the molecule is CC(C)C(=O)CN1CCN(CCF)CC1. The molecular formula is C11H21FN2O. The van der Waals surface area contributed by atoms with Crippen molar-refractivity contribution in [1.82, 2.24) is 9.80 Å². The van der Waals surface area contributed by atoms with Crippen LogP contribution in [0.2, 0.25) is 0 Å². The molecule has 1 rings (SSSR count). The molecule has 1 fully saturated rings. The molecule has 0 aliphatic carbocycles. The van der Waals surface area contributed by atoms with Crippen LogP contribution in [0.15, 0.2) is 0 Å². The Morgan fingerprint density at radius 1 is 1.20 bits per heavy atom. The first-order valence-electron chi connectivity index (χ1n) is 5.67. The van der Waals surface area contributed by atoms with Crippen molar-refractivity contribution in [3.8, 4) is 0 Å². The second-order valence-electron chi connectivity index (χ2n) is 4.43. The molecule has 0 amide bonds. The van der Waals surface area contributed by atoms with Crippen molar-refractivity contribution >= 4 is 5.78 Å². The minimum Gasteiger partial charge on any atom is -0.298 e. The molecule has 1 heterocycles. The van der Waals surface area contributed by atoms with Gasteiger partial charge in [0.25, 0.3) is 0 Å². The summed E-state index contributed by atoms with van der Waals surface area (Å²) >= 11 is 0. The molecule has 1 saturated heterocycles. The lowest BCUT2D eigenvalue weighted by Crippen LogP contribution is -2.48. The third-order valence-corrected chi connectivity index (χ3v) is 2.89. The van der Waals surface area contributed by atoms with Gasteiger partial charge < -0.3 is 0 Å². The van der Waals surface area contributed by atoms with Crippen LogP contribution in [0.4, 0.5) is 4.39 Å². The Labute approximate surface area is 91.2 Å². The van der Waals surface area contributed by atoms with E-state index in [0.29, 0.717) is 18.9 Å². The fraction of sp³-hybridized carbons (Fsp3) is 0.909. The molecule has 0 unspecified atom stereocenters. The normalized spacial score (nSPS) is 19.7. The highest BCUT2D eigenvalue weighted by Gasteiger charge is 2.19. The highest BCUT2D eigenvalue weighted by atomic mass is 19.1. The molecule has 15 heavy (non-hydrogen) atoms. The molecule has 0 aromatic heterocycles. The van der Waals surface area contributed by atoms with Gasteiger partial charge in [-0.25, -0.2) is 4.39 Å². The molecule has 0 bridgehead atoms. The van der Waals surface area contributed by atoms with Gasteiger partial charge >= 0.3 is 0 Å². The first kappa shape index (κ1) is 12.6. The van der Waals surface area contributed by atoms with Gasteiger partial charge in [-0.05, 0) is 0 Å². The van der Waals surface area contributed by atoms with Gasteiger partial charge in [-0.1, -0.05) is 13.8 Å². The number of hydrogen-bond acceptors (Lipinski definition) is 3. The minimum atomic E-state index is -0.273. The molecule has 88 valence electrons. The Hall–Kier alpha value is -0.480. The summed E-state index contributed by atoms with van der Waals surface area (Å²) in [5, 5.41) is 0.